The Morgan fingerprint density at radius 2 is 1.78 bits per heavy atom. The van der Waals surface area contributed by atoms with E-state index in [9.17, 15) is 0 Å². The van der Waals surface area contributed by atoms with E-state index < -0.39 is 0 Å². The summed E-state index contributed by atoms with van der Waals surface area (Å²) in [6.07, 6.45) is 3.50. The molecule has 2 unspecified atom stereocenters. The second kappa shape index (κ2) is 5.85. The van der Waals surface area contributed by atoms with Crippen LogP contribution in [0.5, 0.6) is 0 Å². The fourth-order valence-electron chi connectivity index (χ4n) is 2.92. The number of hydrogen-bond acceptors (Lipinski definition) is 2. The molecule has 0 spiro atoms. The Labute approximate surface area is 111 Å². The molecule has 2 nitrogen and oxygen atoms in total. The predicted octanol–water partition coefficient (Wildman–Crippen LogP) is 3.20. The van der Waals surface area contributed by atoms with Crippen LogP contribution in [-0.2, 0) is 0 Å². The van der Waals surface area contributed by atoms with Crippen molar-refractivity contribution in [1.82, 2.24) is 5.32 Å². The molecule has 0 saturated heterocycles. The topological polar surface area (TPSA) is 38.0 Å². The van der Waals surface area contributed by atoms with E-state index in [1.165, 1.54) is 17.5 Å². The summed E-state index contributed by atoms with van der Waals surface area (Å²) in [7, 11) is 2.05. The van der Waals surface area contributed by atoms with Crippen molar-refractivity contribution >= 4 is 0 Å². The second-order valence-corrected chi connectivity index (χ2v) is 5.73. The lowest BCUT2D eigenvalue weighted by Gasteiger charge is -2.38. The van der Waals surface area contributed by atoms with Crippen LogP contribution < -0.4 is 11.1 Å². The van der Waals surface area contributed by atoms with E-state index in [0.29, 0.717) is 23.9 Å². The van der Waals surface area contributed by atoms with Crippen LogP contribution in [0.1, 0.15) is 56.2 Å². The average molecular weight is 246 g/mol. The fourth-order valence-corrected chi connectivity index (χ4v) is 2.92. The van der Waals surface area contributed by atoms with Crippen molar-refractivity contribution in [2.45, 2.75) is 51.1 Å². The van der Waals surface area contributed by atoms with E-state index >= 15 is 0 Å². The van der Waals surface area contributed by atoms with Gasteiger partial charge in [-0.2, -0.15) is 0 Å². The Morgan fingerprint density at radius 1 is 1.22 bits per heavy atom. The van der Waals surface area contributed by atoms with E-state index in [1.807, 2.05) is 0 Å². The van der Waals surface area contributed by atoms with Gasteiger partial charge in [-0.3, -0.25) is 0 Å². The van der Waals surface area contributed by atoms with Crippen LogP contribution in [0.25, 0.3) is 0 Å². The van der Waals surface area contributed by atoms with Crippen molar-refractivity contribution < 1.29 is 0 Å². The number of hydrogen-bond donors (Lipinski definition) is 2. The smallest absolute Gasteiger partial charge is 0.0347 e. The van der Waals surface area contributed by atoms with Gasteiger partial charge in [0.15, 0.2) is 0 Å². The third kappa shape index (κ3) is 2.76. The normalized spacial score (nSPS) is 26.4. The first kappa shape index (κ1) is 13.6. The Balaban J connectivity index is 2.07. The van der Waals surface area contributed by atoms with Gasteiger partial charge in [0.05, 0.1) is 0 Å². The van der Waals surface area contributed by atoms with Crippen molar-refractivity contribution in [1.29, 1.82) is 0 Å². The maximum absolute atomic E-state index is 5.89. The van der Waals surface area contributed by atoms with Crippen LogP contribution >= 0.6 is 0 Å². The molecule has 3 N–H and O–H groups in total. The summed E-state index contributed by atoms with van der Waals surface area (Å²) in [5.41, 5.74) is 8.74. The Hall–Kier alpha value is -0.860. The molecule has 2 atom stereocenters. The molecule has 0 bridgehead atoms. The van der Waals surface area contributed by atoms with Crippen LogP contribution in [0.15, 0.2) is 24.3 Å². The van der Waals surface area contributed by atoms with Gasteiger partial charge in [0.2, 0.25) is 0 Å². The SMILES string of the molecule is CCC(C)c1ccc(C(NC)C2CC(N)C2)cc1. The molecule has 1 aliphatic carbocycles. The highest BCUT2D eigenvalue weighted by Gasteiger charge is 2.32. The highest BCUT2D eigenvalue weighted by molar-refractivity contribution is 5.28. The largest absolute Gasteiger partial charge is 0.328 e. The summed E-state index contributed by atoms with van der Waals surface area (Å²) in [5.74, 6) is 1.36. The van der Waals surface area contributed by atoms with Gasteiger partial charge in [0.1, 0.15) is 0 Å². The molecule has 1 saturated carbocycles. The van der Waals surface area contributed by atoms with Gasteiger partial charge in [-0.25, -0.2) is 0 Å². The van der Waals surface area contributed by atoms with Crippen LogP contribution in [-0.4, -0.2) is 13.1 Å². The van der Waals surface area contributed by atoms with E-state index in [2.05, 4.69) is 50.5 Å². The molecule has 0 aromatic heterocycles. The molecule has 2 heteroatoms. The highest BCUT2D eigenvalue weighted by atomic mass is 14.9. The van der Waals surface area contributed by atoms with E-state index in [-0.39, 0.29) is 0 Å². The minimum Gasteiger partial charge on any atom is -0.328 e. The van der Waals surface area contributed by atoms with Gasteiger partial charge in [-0.1, -0.05) is 38.1 Å². The lowest BCUT2D eigenvalue weighted by Crippen LogP contribution is -2.42. The third-order valence-electron chi connectivity index (χ3n) is 4.47. The van der Waals surface area contributed by atoms with Crippen molar-refractivity contribution in [3.8, 4) is 0 Å². The summed E-state index contributed by atoms with van der Waals surface area (Å²) in [4.78, 5) is 0. The van der Waals surface area contributed by atoms with Crippen molar-refractivity contribution in [3.05, 3.63) is 35.4 Å². The molecular formula is C16H26N2. The first-order chi connectivity index (χ1) is 8.65. The Morgan fingerprint density at radius 3 is 2.22 bits per heavy atom. The van der Waals surface area contributed by atoms with E-state index in [4.69, 9.17) is 5.73 Å². The monoisotopic (exact) mass is 246 g/mol. The van der Waals surface area contributed by atoms with Gasteiger partial charge >= 0.3 is 0 Å². The van der Waals surface area contributed by atoms with Crippen LogP contribution in [0, 0.1) is 5.92 Å². The lowest BCUT2D eigenvalue weighted by molar-refractivity contribution is 0.204. The number of benzene rings is 1. The zero-order chi connectivity index (χ0) is 13.1. The molecule has 100 valence electrons. The summed E-state index contributed by atoms with van der Waals surface area (Å²) >= 11 is 0. The predicted molar refractivity (Wildman–Crippen MR) is 77.6 cm³/mol. The third-order valence-corrected chi connectivity index (χ3v) is 4.47. The Bertz CT molecular complexity index is 365. The van der Waals surface area contributed by atoms with Crippen molar-refractivity contribution in [2.75, 3.05) is 7.05 Å². The quantitative estimate of drug-likeness (QED) is 0.837. The minimum atomic E-state index is 0.422. The van der Waals surface area contributed by atoms with Gasteiger partial charge in [-0.15, -0.1) is 0 Å². The lowest BCUT2D eigenvalue weighted by atomic mass is 9.74. The van der Waals surface area contributed by atoms with Crippen molar-refractivity contribution in [3.63, 3.8) is 0 Å². The van der Waals surface area contributed by atoms with E-state index in [0.717, 1.165) is 12.8 Å². The summed E-state index contributed by atoms with van der Waals surface area (Å²) in [6, 6.07) is 10.0. The Kier molecular flexibility index (Phi) is 4.41. The molecule has 1 fully saturated rings. The summed E-state index contributed by atoms with van der Waals surface area (Å²) in [5, 5.41) is 3.45. The zero-order valence-electron chi connectivity index (χ0n) is 11.8. The molecule has 1 aromatic rings. The number of nitrogens with two attached hydrogens (primary N) is 1. The van der Waals surface area contributed by atoms with Gasteiger partial charge in [0.25, 0.3) is 0 Å². The minimum absolute atomic E-state index is 0.422. The first-order valence-corrected chi connectivity index (χ1v) is 7.18. The van der Waals surface area contributed by atoms with Crippen molar-refractivity contribution in [2.24, 2.45) is 11.7 Å². The molecular weight excluding hydrogens is 220 g/mol. The molecule has 1 aliphatic rings. The molecule has 0 aliphatic heterocycles. The van der Waals surface area contributed by atoms with E-state index in [1.54, 1.807) is 0 Å². The number of nitrogens with one attached hydrogen (secondary N) is 1. The number of rotatable bonds is 5. The highest BCUT2D eigenvalue weighted by Crippen LogP contribution is 2.37. The molecule has 0 heterocycles. The fraction of sp³-hybridized carbons (Fsp3) is 0.625. The molecule has 2 rings (SSSR count). The van der Waals surface area contributed by atoms with Crippen LogP contribution in [0.2, 0.25) is 0 Å². The van der Waals surface area contributed by atoms with Crippen LogP contribution in [0.3, 0.4) is 0 Å². The average Bonchev–Trinajstić information content (AvgIpc) is 2.37. The zero-order valence-corrected chi connectivity index (χ0v) is 11.8. The van der Waals surface area contributed by atoms with Gasteiger partial charge in [-0.05, 0) is 49.3 Å². The maximum Gasteiger partial charge on any atom is 0.0347 e. The standard InChI is InChI=1S/C16H26N2/c1-4-11(2)12-5-7-13(8-6-12)16(18-3)14-9-15(17)10-14/h5-8,11,14-16,18H,4,9-10,17H2,1-3H3. The summed E-state index contributed by atoms with van der Waals surface area (Å²) < 4.78 is 0. The molecule has 0 radical (unpaired) electrons. The first-order valence-electron chi connectivity index (χ1n) is 7.18. The van der Waals surface area contributed by atoms with Crippen LogP contribution in [0.4, 0.5) is 0 Å². The maximum atomic E-state index is 5.89. The van der Waals surface area contributed by atoms with Gasteiger partial charge < -0.3 is 11.1 Å². The molecule has 0 amide bonds. The molecule has 1 aromatic carbocycles. The second-order valence-electron chi connectivity index (χ2n) is 5.73. The molecule has 18 heavy (non-hydrogen) atoms. The summed E-state index contributed by atoms with van der Waals surface area (Å²) in [6.45, 7) is 4.53. The van der Waals surface area contributed by atoms with Gasteiger partial charge in [0, 0.05) is 12.1 Å².